The highest BCUT2D eigenvalue weighted by Crippen LogP contribution is 2.19. The molecule has 3 N–H and O–H groups in total. The van der Waals surface area contributed by atoms with Crippen molar-refractivity contribution in [1.82, 2.24) is 5.32 Å². The summed E-state index contributed by atoms with van der Waals surface area (Å²) in [6, 6.07) is 16.2. The number of anilines is 1. The molecule has 1 atom stereocenters. The van der Waals surface area contributed by atoms with E-state index < -0.39 is 0 Å². The van der Waals surface area contributed by atoms with E-state index in [0.29, 0.717) is 30.5 Å². The van der Waals surface area contributed by atoms with E-state index in [0.717, 1.165) is 5.56 Å². The third-order valence-corrected chi connectivity index (χ3v) is 3.53. The molecule has 0 fully saturated rings. The average Bonchev–Trinajstić information content (AvgIpc) is 2.60. The Morgan fingerprint density at radius 3 is 2.39 bits per heavy atom. The normalized spacial score (nSPS) is 11.5. The van der Waals surface area contributed by atoms with Crippen molar-refractivity contribution in [2.75, 3.05) is 11.9 Å². The topological polar surface area (TPSA) is 78.4 Å². The summed E-state index contributed by atoms with van der Waals surface area (Å²) in [4.78, 5) is 22.8. The summed E-state index contributed by atoms with van der Waals surface area (Å²) in [5, 5.41) is 14.6. The summed E-state index contributed by atoms with van der Waals surface area (Å²) in [5.41, 5.74) is 2.16. The maximum absolute atomic E-state index is 12.4. The Morgan fingerprint density at radius 1 is 1.09 bits per heavy atom. The van der Waals surface area contributed by atoms with Crippen LogP contribution in [-0.2, 0) is 4.79 Å². The third kappa shape index (κ3) is 4.93. The predicted molar refractivity (Wildman–Crippen MR) is 89.1 cm³/mol. The number of carbonyl (C=O) groups is 2. The smallest absolute Gasteiger partial charge is 0.251 e. The molecule has 0 radical (unpaired) electrons. The highest BCUT2D eigenvalue weighted by molar-refractivity contribution is 5.95. The molecule has 0 saturated carbocycles. The lowest BCUT2D eigenvalue weighted by Gasteiger charge is -2.19. The highest BCUT2D eigenvalue weighted by Gasteiger charge is 2.15. The molecule has 2 aromatic carbocycles. The molecule has 0 spiro atoms. The Morgan fingerprint density at radius 2 is 1.78 bits per heavy atom. The SMILES string of the molecule is O=CNc1ccc(C(=O)NC(CCCO)c2ccccc2)cc1. The zero-order valence-electron chi connectivity index (χ0n) is 12.7. The Labute approximate surface area is 135 Å². The van der Waals surface area contributed by atoms with Gasteiger partial charge in [0, 0.05) is 17.9 Å². The van der Waals surface area contributed by atoms with E-state index in [-0.39, 0.29) is 18.6 Å². The van der Waals surface area contributed by atoms with Crippen LogP contribution in [0.2, 0.25) is 0 Å². The van der Waals surface area contributed by atoms with E-state index in [9.17, 15) is 9.59 Å². The van der Waals surface area contributed by atoms with Gasteiger partial charge >= 0.3 is 0 Å². The molecule has 0 aliphatic carbocycles. The second-order valence-corrected chi connectivity index (χ2v) is 5.14. The molecule has 0 bridgehead atoms. The van der Waals surface area contributed by atoms with E-state index in [1.165, 1.54) is 0 Å². The quantitative estimate of drug-likeness (QED) is 0.655. The molecule has 0 heterocycles. The van der Waals surface area contributed by atoms with Gasteiger partial charge in [-0.2, -0.15) is 0 Å². The van der Waals surface area contributed by atoms with Crippen molar-refractivity contribution in [2.45, 2.75) is 18.9 Å². The number of aliphatic hydroxyl groups excluding tert-OH is 1. The minimum absolute atomic E-state index is 0.0886. The monoisotopic (exact) mass is 312 g/mol. The van der Waals surface area contributed by atoms with Crippen molar-refractivity contribution in [3.63, 3.8) is 0 Å². The van der Waals surface area contributed by atoms with Gasteiger partial charge in [-0.25, -0.2) is 0 Å². The van der Waals surface area contributed by atoms with Crippen LogP contribution < -0.4 is 10.6 Å². The van der Waals surface area contributed by atoms with Gasteiger partial charge in [0.05, 0.1) is 6.04 Å². The van der Waals surface area contributed by atoms with E-state index >= 15 is 0 Å². The molecule has 0 aromatic heterocycles. The maximum atomic E-state index is 12.4. The molecule has 0 saturated heterocycles. The van der Waals surface area contributed by atoms with Crippen LogP contribution in [0.1, 0.15) is 34.8 Å². The molecule has 1 unspecified atom stereocenters. The van der Waals surface area contributed by atoms with Gasteiger partial charge in [-0.05, 0) is 42.7 Å². The highest BCUT2D eigenvalue weighted by atomic mass is 16.3. The summed E-state index contributed by atoms with van der Waals surface area (Å²) in [6.07, 6.45) is 1.87. The van der Waals surface area contributed by atoms with Gasteiger partial charge in [0.25, 0.3) is 5.91 Å². The van der Waals surface area contributed by atoms with Gasteiger partial charge < -0.3 is 15.7 Å². The minimum Gasteiger partial charge on any atom is -0.396 e. The zero-order chi connectivity index (χ0) is 16.5. The second kappa shape index (κ2) is 8.70. The van der Waals surface area contributed by atoms with E-state index in [1.807, 2.05) is 30.3 Å². The van der Waals surface area contributed by atoms with Crippen LogP contribution in [0, 0.1) is 0 Å². The molecular formula is C18H20N2O3. The Balaban J connectivity index is 2.08. The Hall–Kier alpha value is -2.66. The largest absolute Gasteiger partial charge is 0.396 e. The summed E-state index contributed by atoms with van der Waals surface area (Å²) < 4.78 is 0. The minimum atomic E-state index is -0.186. The van der Waals surface area contributed by atoms with Crippen LogP contribution in [0.25, 0.3) is 0 Å². The molecule has 2 rings (SSSR count). The van der Waals surface area contributed by atoms with Gasteiger partial charge in [0.15, 0.2) is 0 Å². The second-order valence-electron chi connectivity index (χ2n) is 5.14. The summed E-state index contributed by atoms with van der Waals surface area (Å²) in [5.74, 6) is -0.186. The van der Waals surface area contributed by atoms with Gasteiger partial charge in [-0.15, -0.1) is 0 Å². The van der Waals surface area contributed by atoms with Gasteiger partial charge in [0.1, 0.15) is 0 Å². The van der Waals surface area contributed by atoms with Crippen LogP contribution in [0.4, 0.5) is 5.69 Å². The number of hydrogen-bond acceptors (Lipinski definition) is 3. The molecule has 5 nitrogen and oxygen atoms in total. The number of aliphatic hydroxyl groups is 1. The average molecular weight is 312 g/mol. The lowest BCUT2D eigenvalue weighted by atomic mass is 10.0. The van der Waals surface area contributed by atoms with Gasteiger partial charge in [0.2, 0.25) is 6.41 Å². The van der Waals surface area contributed by atoms with E-state index in [1.54, 1.807) is 24.3 Å². The molecule has 0 aliphatic heterocycles. The number of rotatable bonds is 8. The Bertz CT molecular complexity index is 626. The first kappa shape index (κ1) is 16.7. The molecule has 0 aliphatic rings. The number of carbonyl (C=O) groups excluding carboxylic acids is 2. The fraction of sp³-hybridized carbons (Fsp3) is 0.222. The fourth-order valence-corrected chi connectivity index (χ4v) is 2.33. The van der Waals surface area contributed by atoms with Crippen LogP contribution in [-0.4, -0.2) is 24.0 Å². The standard InChI is InChI=1S/C18H20N2O3/c21-12-4-7-17(14-5-2-1-3-6-14)20-18(23)15-8-10-16(11-9-15)19-13-22/h1-3,5-6,8-11,13,17,21H,4,7,12H2,(H,19,22)(H,20,23). The van der Waals surface area contributed by atoms with Crippen LogP contribution in [0.15, 0.2) is 54.6 Å². The third-order valence-electron chi connectivity index (χ3n) is 3.53. The first-order valence-corrected chi connectivity index (χ1v) is 7.51. The van der Waals surface area contributed by atoms with Crippen LogP contribution >= 0.6 is 0 Å². The van der Waals surface area contributed by atoms with Crippen molar-refractivity contribution in [3.05, 3.63) is 65.7 Å². The van der Waals surface area contributed by atoms with E-state index in [4.69, 9.17) is 5.11 Å². The zero-order valence-corrected chi connectivity index (χ0v) is 12.7. The summed E-state index contributed by atoms with van der Waals surface area (Å²) in [6.45, 7) is 0.0886. The fourth-order valence-electron chi connectivity index (χ4n) is 2.33. The van der Waals surface area contributed by atoms with Crippen LogP contribution in [0.3, 0.4) is 0 Å². The van der Waals surface area contributed by atoms with Gasteiger partial charge in [-0.3, -0.25) is 9.59 Å². The summed E-state index contributed by atoms with van der Waals surface area (Å²) >= 11 is 0. The molecule has 2 aromatic rings. The molecule has 23 heavy (non-hydrogen) atoms. The van der Waals surface area contributed by atoms with Gasteiger partial charge in [-0.1, -0.05) is 30.3 Å². The first-order chi connectivity index (χ1) is 11.2. The predicted octanol–water partition coefficient (Wildman–Crippen LogP) is 2.50. The van der Waals surface area contributed by atoms with Crippen molar-refractivity contribution in [1.29, 1.82) is 0 Å². The van der Waals surface area contributed by atoms with Crippen LogP contribution in [0.5, 0.6) is 0 Å². The molecule has 2 amide bonds. The number of benzene rings is 2. The maximum Gasteiger partial charge on any atom is 0.251 e. The van der Waals surface area contributed by atoms with Crippen molar-refractivity contribution in [3.8, 4) is 0 Å². The molecule has 5 heteroatoms. The lowest BCUT2D eigenvalue weighted by molar-refractivity contribution is -0.105. The molecule has 120 valence electrons. The van der Waals surface area contributed by atoms with Crippen molar-refractivity contribution in [2.24, 2.45) is 0 Å². The lowest BCUT2D eigenvalue weighted by Crippen LogP contribution is -2.28. The number of nitrogens with one attached hydrogen (secondary N) is 2. The summed E-state index contributed by atoms with van der Waals surface area (Å²) in [7, 11) is 0. The molecular weight excluding hydrogens is 292 g/mol. The van der Waals surface area contributed by atoms with Crippen molar-refractivity contribution < 1.29 is 14.7 Å². The number of amides is 2. The Kier molecular flexibility index (Phi) is 6.32. The van der Waals surface area contributed by atoms with E-state index in [2.05, 4.69) is 10.6 Å². The number of hydrogen-bond donors (Lipinski definition) is 3. The van der Waals surface area contributed by atoms with Crippen molar-refractivity contribution >= 4 is 18.0 Å². The first-order valence-electron chi connectivity index (χ1n) is 7.51.